The van der Waals surface area contributed by atoms with Crippen molar-refractivity contribution in [3.63, 3.8) is 0 Å². The molecule has 0 spiro atoms. The first kappa shape index (κ1) is 27.2. The number of rotatable bonds is 9. The van der Waals surface area contributed by atoms with Crippen molar-refractivity contribution >= 4 is 45.9 Å². The maximum absolute atomic E-state index is 13.3. The molecule has 14 heteroatoms. The molecule has 0 aliphatic rings. The molecule has 0 radical (unpaired) electrons. The largest absolute Gasteiger partial charge is 0.463 e. The van der Waals surface area contributed by atoms with Crippen molar-refractivity contribution in [2.45, 2.75) is 32.1 Å². The summed E-state index contributed by atoms with van der Waals surface area (Å²) >= 11 is 1.50. The summed E-state index contributed by atoms with van der Waals surface area (Å²) in [4.78, 5) is 45.0. The number of carbonyl (C=O) groups excluding carboxylic acids is 3. The molecule has 0 saturated carbocycles. The van der Waals surface area contributed by atoms with Crippen LogP contribution in [-0.4, -0.2) is 46.8 Å². The van der Waals surface area contributed by atoms with Crippen LogP contribution in [0.25, 0.3) is 11.5 Å². The van der Waals surface area contributed by atoms with E-state index < -0.39 is 29.7 Å². The molecule has 0 aromatic carbocycles. The standard InChI is InChI=1S/C22H20F3N3O6S2/c1-4-32-19(30)16-11(3)17(20(31)33-5-2)36-18(16)28-15(29)10-35-21-26-12(13-7-6-8-34-13)9-14(27-21)22(23,24)25/h6-9H,4-5,10H2,1-3H3,(H,28,29). The molecule has 0 saturated heterocycles. The van der Waals surface area contributed by atoms with Crippen molar-refractivity contribution in [3.05, 3.63) is 46.2 Å². The summed E-state index contributed by atoms with van der Waals surface area (Å²) in [7, 11) is 0. The van der Waals surface area contributed by atoms with Crippen molar-refractivity contribution in [2.75, 3.05) is 24.3 Å². The van der Waals surface area contributed by atoms with Gasteiger partial charge < -0.3 is 19.2 Å². The SMILES string of the molecule is CCOC(=O)c1sc(NC(=O)CSc2nc(-c3ccco3)cc(C(F)(F)F)n2)c(C(=O)OCC)c1C. The van der Waals surface area contributed by atoms with Crippen LogP contribution in [0.4, 0.5) is 18.2 Å². The summed E-state index contributed by atoms with van der Waals surface area (Å²) in [6, 6.07) is 3.69. The maximum Gasteiger partial charge on any atom is 0.433 e. The first-order valence-electron chi connectivity index (χ1n) is 10.5. The maximum atomic E-state index is 13.3. The van der Waals surface area contributed by atoms with Crippen LogP contribution >= 0.6 is 23.1 Å². The molecule has 36 heavy (non-hydrogen) atoms. The van der Waals surface area contributed by atoms with Crippen LogP contribution in [0.2, 0.25) is 0 Å². The fraction of sp³-hybridized carbons (Fsp3) is 0.318. The summed E-state index contributed by atoms with van der Waals surface area (Å²) in [5.74, 6) is -2.35. The zero-order chi connectivity index (χ0) is 26.5. The van der Waals surface area contributed by atoms with Gasteiger partial charge in [0.2, 0.25) is 5.91 Å². The number of nitrogens with one attached hydrogen (secondary N) is 1. The van der Waals surface area contributed by atoms with E-state index in [4.69, 9.17) is 13.9 Å². The molecule has 0 aliphatic carbocycles. The van der Waals surface area contributed by atoms with Gasteiger partial charge in [0, 0.05) is 0 Å². The third kappa shape index (κ3) is 6.43. The normalized spacial score (nSPS) is 11.3. The van der Waals surface area contributed by atoms with Crippen molar-refractivity contribution in [1.29, 1.82) is 0 Å². The highest BCUT2D eigenvalue weighted by Gasteiger charge is 2.34. The Bertz CT molecular complexity index is 1260. The van der Waals surface area contributed by atoms with Crippen molar-refractivity contribution in [3.8, 4) is 11.5 Å². The summed E-state index contributed by atoms with van der Waals surface area (Å²) in [5.41, 5.74) is -1.00. The summed E-state index contributed by atoms with van der Waals surface area (Å²) < 4.78 is 55.1. The molecule has 0 atom stereocenters. The summed E-state index contributed by atoms with van der Waals surface area (Å²) in [6.45, 7) is 4.93. The molecule has 0 unspecified atom stereocenters. The number of ether oxygens (including phenoxy) is 2. The number of thiophene rings is 1. The van der Waals surface area contributed by atoms with E-state index in [2.05, 4.69) is 15.3 Å². The van der Waals surface area contributed by atoms with Gasteiger partial charge in [0.1, 0.15) is 21.3 Å². The van der Waals surface area contributed by atoms with E-state index >= 15 is 0 Å². The monoisotopic (exact) mass is 543 g/mol. The van der Waals surface area contributed by atoms with Gasteiger partial charge in [-0.25, -0.2) is 19.6 Å². The average molecular weight is 544 g/mol. The zero-order valence-corrected chi connectivity index (χ0v) is 20.9. The third-order valence-corrected chi connectivity index (χ3v) is 6.48. The van der Waals surface area contributed by atoms with Gasteiger partial charge in [-0.15, -0.1) is 11.3 Å². The van der Waals surface area contributed by atoms with Gasteiger partial charge >= 0.3 is 18.1 Å². The van der Waals surface area contributed by atoms with Gasteiger partial charge in [-0.1, -0.05) is 11.8 Å². The number of thioether (sulfide) groups is 1. The molecule has 0 aliphatic heterocycles. The van der Waals surface area contributed by atoms with Crippen LogP contribution in [0.15, 0.2) is 34.0 Å². The number of amides is 1. The second-order valence-electron chi connectivity index (χ2n) is 6.93. The Hall–Kier alpha value is -3.39. The van der Waals surface area contributed by atoms with Gasteiger partial charge in [0.15, 0.2) is 10.9 Å². The zero-order valence-electron chi connectivity index (χ0n) is 19.2. The molecular formula is C22H20F3N3O6S2. The van der Waals surface area contributed by atoms with Gasteiger partial charge in [-0.05, 0) is 44.5 Å². The number of nitrogens with zero attached hydrogens (tertiary/aromatic N) is 2. The van der Waals surface area contributed by atoms with Crippen LogP contribution in [-0.2, 0) is 20.4 Å². The molecule has 3 rings (SSSR count). The number of carbonyl (C=O) groups is 3. The molecule has 0 bridgehead atoms. The van der Waals surface area contributed by atoms with Crippen LogP contribution in [0.3, 0.4) is 0 Å². The minimum Gasteiger partial charge on any atom is -0.463 e. The van der Waals surface area contributed by atoms with E-state index in [1.54, 1.807) is 13.8 Å². The number of halogens is 3. The minimum absolute atomic E-state index is 0.00122. The first-order chi connectivity index (χ1) is 17.0. The van der Waals surface area contributed by atoms with Crippen LogP contribution in [0.5, 0.6) is 0 Å². The van der Waals surface area contributed by atoms with E-state index in [0.29, 0.717) is 11.8 Å². The topological polar surface area (TPSA) is 121 Å². The fourth-order valence-electron chi connectivity index (χ4n) is 2.92. The number of furan rings is 1. The Balaban J connectivity index is 1.83. The smallest absolute Gasteiger partial charge is 0.433 e. The Morgan fingerprint density at radius 2 is 1.83 bits per heavy atom. The van der Waals surface area contributed by atoms with E-state index in [9.17, 15) is 27.6 Å². The summed E-state index contributed by atoms with van der Waals surface area (Å²) in [5, 5.41) is 2.28. The quantitative estimate of drug-likeness (QED) is 0.220. The molecule has 3 aromatic heterocycles. The molecular weight excluding hydrogens is 523 g/mol. The van der Waals surface area contributed by atoms with E-state index in [1.807, 2.05) is 0 Å². The first-order valence-corrected chi connectivity index (χ1v) is 12.3. The second-order valence-corrected chi connectivity index (χ2v) is 8.90. The lowest BCUT2D eigenvalue weighted by Crippen LogP contribution is -2.17. The number of esters is 2. The highest BCUT2D eigenvalue weighted by atomic mass is 32.2. The van der Waals surface area contributed by atoms with Gasteiger partial charge in [-0.3, -0.25) is 4.79 Å². The predicted molar refractivity (Wildman–Crippen MR) is 125 cm³/mol. The molecule has 0 fully saturated rings. The highest BCUT2D eigenvalue weighted by molar-refractivity contribution is 7.99. The molecule has 1 N–H and O–H groups in total. The number of hydrogen-bond donors (Lipinski definition) is 1. The minimum atomic E-state index is -4.74. The van der Waals surface area contributed by atoms with Crippen LogP contribution in [0.1, 0.15) is 45.1 Å². The van der Waals surface area contributed by atoms with Gasteiger partial charge in [0.05, 0.1) is 30.8 Å². The van der Waals surface area contributed by atoms with Crippen LogP contribution in [0, 0.1) is 6.92 Å². The molecule has 9 nitrogen and oxygen atoms in total. The van der Waals surface area contributed by atoms with Crippen LogP contribution < -0.4 is 5.32 Å². The van der Waals surface area contributed by atoms with E-state index in [0.717, 1.165) is 17.4 Å². The highest BCUT2D eigenvalue weighted by Crippen LogP contribution is 2.35. The number of hydrogen-bond acceptors (Lipinski definition) is 10. The number of anilines is 1. The van der Waals surface area contributed by atoms with Crippen molar-refractivity contribution in [1.82, 2.24) is 9.97 Å². The molecule has 3 heterocycles. The molecule has 1 amide bonds. The van der Waals surface area contributed by atoms with Crippen molar-refractivity contribution in [2.24, 2.45) is 0 Å². The molecule has 192 valence electrons. The average Bonchev–Trinajstić information content (AvgIpc) is 3.46. The lowest BCUT2D eigenvalue weighted by atomic mass is 10.1. The Kier molecular flexibility index (Phi) is 8.74. The van der Waals surface area contributed by atoms with E-state index in [1.165, 1.54) is 25.3 Å². The Labute approximate surface area is 211 Å². The van der Waals surface area contributed by atoms with Crippen molar-refractivity contribution < 1.29 is 41.4 Å². The number of aromatic nitrogens is 2. The predicted octanol–water partition coefficient (Wildman–Crippen LogP) is 5.21. The van der Waals surface area contributed by atoms with Gasteiger partial charge in [0.25, 0.3) is 0 Å². The fourth-order valence-corrected chi connectivity index (χ4v) is 4.68. The Morgan fingerprint density at radius 3 is 2.44 bits per heavy atom. The Morgan fingerprint density at radius 1 is 1.14 bits per heavy atom. The lowest BCUT2D eigenvalue weighted by Gasteiger charge is -2.10. The summed E-state index contributed by atoms with van der Waals surface area (Å²) in [6.07, 6.45) is -3.45. The second kappa shape index (κ2) is 11.6. The van der Waals surface area contributed by atoms with E-state index in [-0.39, 0.29) is 56.6 Å². The number of alkyl halides is 3. The third-order valence-electron chi connectivity index (χ3n) is 4.44. The lowest BCUT2D eigenvalue weighted by molar-refractivity contribution is -0.141. The van der Waals surface area contributed by atoms with Gasteiger partial charge in [-0.2, -0.15) is 13.2 Å². The molecule has 3 aromatic rings.